The molecule has 1 unspecified atom stereocenters. The molecule has 0 aliphatic rings. The molecule has 0 spiro atoms. The van der Waals surface area contributed by atoms with Gasteiger partial charge in [-0.25, -0.2) is 4.79 Å². The molecule has 1 amide bonds. The number of hydrogen-bond donors (Lipinski definition) is 1. The highest BCUT2D eigenvalue weighted by atomic mass is 32.2. The van der Waals surface area contributed by atoms with Gasteiger partial charge in [-0.3, -0.25) is 4.79 Å². The number of carbonyl (C=O) groups excluding carboxylic acids is 2. The zero-order valence-corrected chi connectivity index (χ0v) is 12.8. The van der Waals surface area contributed by atoms with Crippen molar-refractivity contribution in [3.05, 3.63) is 10.1 Å². The van der Waals surface area contributed by atoms with Crippen molar-refractivity contribution < 1.29 is 24.3 Å². The van der Waals surface area contributed by atoms with Crippen LogP contribution in [0.4, 0.5) is 0 Å². The molecule has 0 radical (unpaired) electrons. The standard InChI is InChI=1S/C11H20N2O6S/c1-11(2,7-19-13(16)17)10(15)12-8(5-6-20-4)9(14)18-3/h8H,5-7H2,1-4H3,(H,12,15). The fraction of sp³-hybridized carbons (Fsp3) is 0.818. The molecule has 0 heterocycles. The lowest BCUT2D eigenvalue weighted by atomic mass is 9.93. The summed E-state index contributed by atoms with van der Waals surface area (Å²) in [6, 6.07) is -0.769. The third kappa shape index (κ3) is 6.60. The monoisotopic (exact) mass is 308 g/mol. The molecule has 9 heteroatoms. The molecule has 20 heavy (non-hydrogen) atoms. The number of rotatable bonds is 9. The molecule has 0 aromatic carbocycles. The molecule has 0 saturated carbocycles. The molecule has 0 aromatic rings. The largest absolute Gasteiger partial charge is 0.467 e. The number of thioether (sulfide) groups is 1. The molecule has 0 fully saturated rings. The predicted octanol–water partition coefficient (Wildman–Crippen LogP) is 0.632. The summed E-state index contributed by atoms with van der Waals surface area (Å²) >= 11 is 1.53. The van der Waals surface area contributed by atoms with Crippen LogP contribution in [0.5, 0.6) is 0 Å². The van der Waals surface area contributed by atoms with Crippen LogP contribution >= 0.6 is 11.8 Å². The Morgan fingerprint density at radius 2 is 2.05 bits per heavy atom. The maximum Gasteiger partial charge on any atom is 0.328 e. The van der Waals surface area contributed by atoms with E-state index in [2.05, 4.69) is 14.9 Å². The zero-order chi connectivity index (χ0) is 15.8. The Labute approximate surface area is 121 Å². The van der Waals surface area contributed by atoms with Gasteiger partial charge in [-0.05, 0) is 32.3 Å². The average Bonchev–Trinajstić information content (AvgIpc) is 2.40. The summed E-state index contributed by atoms with van der Waals surface area (Å²) in [4.78, 5) is 38.0. The van der Waals surface area contributed by atoms with E-state index in [4.69, 9.17) is 0 Å². The van der Waals surface area contributed by atoms with Crippen LogP contribution in [-0.2, 0) is 19.2 Å². The molecular formula is C11H20N2O6S. The van der Waals surface area contributed by atoms with E-state index < -0.39 is 28.4 Å². The topological polar surface area (TPSA) is 108 Å². The van der Waals surface area contributed by atoms with E-state index >= 15 is 0 Å². The summed E-state index contributed by atoms with van der Waals surface area (Å²) in [5, 5.41) is 11.7. The van der Waals surface area contributed by atoms with Crippen molar-refractivity contribution in [3.63, 3.8) is 0 Å². The van der Waals surface area contributed by atoms with Gasteiger partial charge in [0.2, 0.25) is 5.91 Å². The van der Waals surface area contributed by atoms with Crippen LogP contribution in [0.3, 0.4) is 0 Å². The van der Waals surface area contributed by atoms with Crippen molar-refractivity contribution >= 4 is 23.6 Å². The van der Waals surface area contributed by atoms with E-state index in [1.165, 1.54) is 32.7 Å². The van der Waals surface area contributed by atoms with E-state index in [1.54, 1.807) is 0 Å². The second-order valence-electron chi connectivity index (χ2n) is 4.71. The van der Waals surface area contributed by atoms with Gasteiger partial charge in [-0.1, -0.05) is 0 Å². The minimum absolute atomic E-state index is 0.387. The lowest BCUT2D eigenvalue weighted by Gasteiger charge is -2.25. The van der Waals surface area contributed by atoms with Crippen molar-refractivity contribution in [2.24, 2.45) is 5.41 Å². The first-order chi connectivity index (χ1) is 9.24. The summed E-state index contributed by atoms with van der Waals surface area (Å²) in [6.45, 7) is 2.60. The zero-order valence-electron chi connectivity index (χ0n) is 12.0. The van der Waals surface area contributed by atoms with Gasteiger partial charge in [0.05, 0.1) is 12.5 Å². The van der Waals surface area contributed by atoms with Gasteiger partial charge in [-0.2, -0.15) is 11.8 Å². The highest BCUT2D eigenvalue weighted by Gasteiger charge is 2.32. The first-order valence-corrected chi connectivity index (χ1v) is 7.29. The smallest absolute Gasteiger partial charge is 0.328 e. The molecular weight excluding hydrogens is 288 g/mol. The van der Waals surface area contributed by atoms with Gasteiger partial charge < -0.3 is 14.9 Å². The van der Waals surface area contributed by atoms with Gasteiger partial charge in [0, 0.05) is 0 Å². The molecule has 0 bridgehead atoms. The fourth-order valence-corrected chi connectivity index (χ4v) is 1.73. The van der Waals surface area contributed by atoms with Crippen LogP contribution in [0.1, 0.15) is 20.3 Å². The minimum Gasteiger partial charge on any atom is -0.467 e. The second kappa shape index (κ2) is 8.62. The lowest BCUT2D eigenvalue weighted by molar-refractivity contribution is -0.760. The Bertz CT molecular complexity index is 361. The van der Waals surface area contributed by atoms with Gasteiger partial charge in [0.25, 0.3) is 5.09 Å². The Kier molecular flexibility index (Phi) is 7.97. The van der Waals surface area contributed by atoms with Gasteiger partial charge >= 0.3 is 5.97 Å². The first-order valence-electron chi connectivity index (χ1n) is 5.89. The normalized spacial score (nSPS) is 12.4. The van der Waals surface area contributed by atoms with Gasteiger partial charge in [0.15, 0.2) is 0 Å². The van der Waals surface area contributed by atoms with Crippen LogP contribution in [0, 0.1) is 15.5 Å². The van der Waals surface area contributed by atoms with Crippen LogP contribution in [-0.4, -0.2) is 48.7 Å². The number of ether oxygens (including phenoxy) is 1. The number of carbonyl (C=O) groups is 2. The number of methoxy groups -OCH3 is 1. The predicted molar refractivity (Wildman–Crippen MR) is 73.7 cm³/mol. The Morgan fingerprint density at radius 3 is 2.50 bits per heavy atom. The number of nitrogens with one attached hydrogen (secondary N) is 1. The summed E-state index contributed by atoms with van der Waals surface area (Å²) < 4.78 is 4.62. The van der Waals surface area contributed by atoms with E-state index in [0.717, 1.165) is 0 Å². The quantitative estimate of drug-likeness (QED) is 0.378. The molecule has 0 saturated heterocycles. The number of esters is 1. The van der Waals surface area contributed by atoms with Crippen molar-refractivity contribution in [2.45, 2.75) is 26.3 Å². The Morgan fingerprint density at radius 1 is 1.45 bits per heavy atom. The Balaban J connectivity index is 4.63. The third-order valence-electron chi connectivity index (χ3n) is 2.55. The summed E-state index contributed by atoms with van der Waals surface area (Å²) in [5.41, 5.74) is -1.13. The van der Waals surface area contributed by atoms with Crippen LogP contribution in [0.15, 0.2) is 0 Å². The Hall–Kier alpha value is -1.51. The molecule has 8 nitrogen and oxygen atoms in total. The van der Waals surface area contributed by atoms with Crippen molar-refractivity contribution in [2.75, 3.05) is 25.7 Å². The summed E-state index contributed by atoms with van der Waals surface area (Å²) in [5.74, 6) is -0.374. The van der Waals surface area contributed by atoms with Crippen LogP contribution in [0.25, 0.3) is 0 Å². The summed E-state index contributed by atoms with van der Waals surface area (Å²) in [7, 11) is 1.24. The van der Waals surface area contributed by atoms with Gasteiger partial charge in [0.1, 0.15) is 12.6 Å². The molecule has 1 atom stereocenters. The average molecular weight is 308 g/mol. The third-order valence-corrected chi connectivity index (χ3v) is 3.19. The highest BCUT2D eigenvalue weighted by molar-refractivity contribution is 7.98. The molecule has 0 rings (SSSR count). The number of amides is 1. The second-order valence-corrected chi connectivity index (χ2v) is 5.70. The van der Waals surface area contributed by atoms with Gasteiger partial charge in [-0.15, -0.1) is 10.1 Å². The highest BCUT2D eigenvalue weighted by Crippen LogP contribution is 2.17. The SMILES string of the molecule is COC(=O)C(CCSC)NC(=O)C(C)(C)CO[N+](=O)[O-]. The van der Waals surface area contributed by atoms with E-state index in [-0.39, 0.29) is 6.61 Å². The van der Waals surface area contributed by atoms with E-state index in [9.17, 15) is 19.7 Å². The molecule has 0 aromatic heterocycles. The van der Waals surface area contributed by atoms with Crippen LogP contribution in [0.2, 0.25) is 0 Å². The maximum atomic E-state index is 12.0. The maximum absolute atomic E-state index is 12.0. The fourth-order valence-electron chi connectivity index (χ4n) is 1.26. The van der Waals surface area contributed by atoms with Crippen molar-refractivity contribution in [1.29, 1.82) is 0 Å². The molecule has 1 N–H and O–H groups in total. The molecule has 116 valence electrons. The number of nitrogens with zero attached hydrogens (tertiary/aromatic N) is 1. The van der Waals surface area contributed by atoms with Crippen molar-refractivity contribution in [3.8, 4) is 0 Å². The first kappa shape index (κ1) is 18.5. The molecule has 0 aliphatic heterocycles. The molecule has 0 aliphatic carbocycles. The minimum atomic E-state index is -1.13. The summed E-state index contributed by atoms with van der Waals surface area (Å²) in [6.07, 6.45) is 2.30. The van der Waals surface area contributed by atoms with Crippen molar-refractivity contribution in [1.82, 2.24) is 5.32 Å². The van der Waals surface area contributed by atoms with E-state index in [1.807, 2.05) is 6.26 Å². The lowest BCUT2D eigenvalue weighted by Crippen LogP contribution is -2.48. The van der Waals surface area contributed by atoms with Crippen LogP contribution < -0.4 is 5.32 Å². The number of hydrogen-bond acceptors (Lipinski definition) is 7. The van der Waals surface area contributed by atoms with E-state index in [0.29, 0.717) is 12.2 Å².